The van der Waals surface area contributed by atoms with Crippen molar-refractivity contribution in [1.82, 2.24) is 24.2 Å². The minimum absolute atomic E-state index is 0.162. The second kappa shape index (κ2) is 8.07. The second-order valence-electron chi connectivity index (χ2n) is 6.64. The molecule has 4 rings (SSSR count). The van der Waals surface area contributed by atoms with E-state index in [4.69, 9.17) is 11.6 Å². The van der Waals surface area contributed by atoms with Gasteiger partial charge in [0.05, 0.1) is 11.6 Å². The van der Waals surface area contributed by atoms with Crippen LogP contribution in [0, 0.1) is 0 Å². The fourth-order valence-electron chi connectivity index (χ4n) is 3.25. The Labute approximate surface area is 172 Å². The number of fused-ring (bicyclic) bond motifs is 1. The topological polar surface area (TPSA) is 111 Å². The van der Waals surface area contributed by atoms with Crippen molar-refractivity contribution in [3.63, 3.8) is 0 Å². The summed E-state index contributed by atoms with van der Waals surface area (Å²) in [6, 6.07) is 6.72. The Morgan fingerprint density at radius 3 is 2.69 bits per heavy atom. The van der Waals surface area contributed by atoms with Crippen LogP contribution in [0.15, 0.2) is 47.8 Å². The lowest BCUT2D eigenvalue weighted by Gasteiger charge is -2.33. The molecule has 3 aromatic rings. The highest BCUT2D eigenvalue weighted by Crippen LogP contribution is 2.25. The number of rotatable bonds is 5. The lowest BCUT2D eigenvalue weighted by atomic mass is 10.3. The number of amides is 1. The van der Waals surface area contributed by atoms with Gasteiger partial charge in [-0.25, -0.2) is 18.4 Å². The first-order valence-electron chi connectivity index (χ1n) is 8.99. The van der Waals surface area contributed by atoms with Gasteiger partial charge in [0.15, 0.2) is 0 Å². The molecule has 1 saturated heterocycles. The molecule has 0 atom stereocenters. The summed E-state index contributed by atoms with van der Waals surface area (Å²) < 4.78 is 27.5. The molecule has 1 fully saturated rings. The predicted octanol–water partition coefficient (Wildman–Crippen LogP) is 1.56. The maximum absolute atomic E-state index is 13.0. The van der Waals surface area contributed by atoms with E-state index < -0.39 is 10.0 Å². The van der Waals surface area contributed by atoms with Gasteiger partial charge in [0.2, 0.25) is 15.9 Å². The number of hydrogen-bond acceptors (Lipinski definition) is 6. The van der Waals surface area contributed by atoms with Crippen LogP contribution in [-0.2, 0) is 14.8 Å². The van der Waals surface area contributed by atoms with Crippen molar-refractivity contribution in [3.05, 3.63) is 47.9 Å². The Morgan fingerprint density at radius 2 is 1.97 bits per heavy atom. The molecule has 11 heteroatoms. The Bertz CT molecular complexity index is 1120. The number of halogens is 1. The van der Waals surface area contributed by atoms with Gasteiger partial charge in [-0.2, -0.15) is 4.31 Å². The number of carbonyl (C=O) groups excluding carboxylic acids is 1. The first-order chi connectivity index (χ1) is 13.9. The van der Waals surface area contributed by atoms with E-state index in [1.165, 1.54) is 16.7 Å². The van der Waals surface area contributed by atoms with E-state index in [0.29, 0.717) is 48.1 Å². The zero-order valence-corrected chi connectivity index (χ0v) is 16.9. The van der Waals surface area contributed by atoms with Crippen molar-refractivity contribution in [2.45, 2.75) is 4.90 Å². The number of sulfonamides is 1. The lowest BCUT2D eigenvalue weighted by molar-refractivity contribution is -0.117. The molecular weight excluding hydrogens is 416 g/mol. The van der Waals surface area contributed by atoms with E-state index in [1.54, 1.807) is 30.5 Å². The number of hydrogen-bond donors (Lipinski definition) is 2. The molecule has 29 heavy (non-hydrogen) atoms. The summed E-state index contributed by atoms with van der Waals surface area (Å²) in [6.45, 7) is 1.70. The lowest BCUT2D eigenvalue weighted by Crippen LogP contribution is -2.50. The molecule has 0 aliphatic carbocycles. The van der Waals surface area contributed by atoms with Crippen LogP contribution in [-0.4, -0.2) is 71.2 Å². The molecule has 9 nitrogen and oxygen atoms in total. The molecule has 4 heterocycles. The van der Waals surface area contributed by atoms with Crippen molar-refractivity contribution in [1.29, 1.82) is 0 Å². The summed E-state index contributed by atoms with van der Waals surface area (Å²) >= 11 is 5.78. The molecule has 0 unspecified atom stereocenters. The third kappa shape index (κ3) is 4.25. The molecule has 0 radical (unpaired) electrons. The van der Waals surface area contributed by atoms with Crippen molar-refractivity contribution in [2.75, 3.05) is 38.0 Å². The van der Waals surface area contributed by atoms with Crippen LogP contribution in [0.25, 0.3) is 11.0 Å². The second-order valence-corrected chi connectivity index (χ2v) is 8.99. The molecule has 0 bridgehead atoms. The largest absolute Gasteiger partial charge is 0.345 e. The number of H-pyrrole nitrogens is 1. The van der Waals surface area contributed by atoms with Crippen LogP contribution in [0.2, 0.25) is 5.02 Å². The average molecular weight is 435 g/mol. The van der Waals surface area contributed by atoms with E-state index >= 15 is 0 Å². The number of nitrogens with zero attached hydrogens (tertiary/aromatic N) is 4. The predicted molar refractivity (Wildman–Crippen MR) is 109 cm³/mol. The Kier molecular flexibility index (Phi) is 5.50. The first kappa shape index (κ1) is 19.8. The van der Waals surface area contributed by atoms with Crippen LogP contribution < -0.4 is 5.32 Å². The minimum atomic E-state index is -3.64. The van der Waals surface area contributed by atoms with E-state index in [-0.39, 0.29) is 17.3 Å². The molecular formula is C18H19ClN6O3S. The van der Waals surface area contributed by atoms with Crippen molar-refractivity contribution in [2.24, 2.45) is 0 Å². The van der Waals surface area contributed by atoms with Gasteiger partial charge >= 0.3 is 0 Å². The van der Waals surface area contributed by atoms with Gasteiger partial charge in [-0.1, -0.05) is 11.6 Å². The van der Waals surface area contributed by atoms with Gasteiger partial charge in [0, 0.05) is 50.2 Å². The highest BCUT2D eigenvalue weighted by atomic mass is 35.5. The fourth-order valence-corrected chi connectivity index (χ4v) is 4.93. The minimum Gasteiger partial charge on any atom is -0.345 e. The summed E-state index contributed by atoms with van der Waals surface area (Å²) in [4.78, 5) is 25.4. The molecule has 1 aliphatic rings. The van der Waals surface area contributed by atoms with Crippen molar-refractivity contribution in [3.8, 4) is 0 Å². The Morgan fingerprint density at radius 1 is 1.17 bits per heavy atom. The third-order valence-corrected chi connectivity index (χ3v) is 6.89. The van der Waals surface area contributed by atoms with Crippen LogP contribution in [0.4, 0.5) is 5.82 Å². The van der Waals surface area contributed by atoms with Gasteiger partial charge in [0.1, 0.15) is 16.4 Å². The van der Waals surface area contributed by atoms with E-state index in [2.05, 4.69) is 20.3 Å². The van der Waals surface area contributed by atoms with E-state index in [1.807, 2.05) is 4.90 Å². The van der Waals surface area contributed by atoms with E-state index in [0.717, 1.165) is 0 Å². The number of anilines is 1. The van der Waals surface area contributed by atoms with Crippen molar-refractivity contribution < 1.29 is 13.2 Å². The van der Waals surface area contributed by atoms with Crippen LogP contribution in [0.5, 0.6) is 0 Å². The number of aromatic amines is 1. The average Bonchev–Trinajstić information content (AvgIpc) is 3.15. The van der Waals surface area contributed by atoms with Gasteiger partial charge in [-0.05, 0) is 24.3 Å². The van der Waals surface area contributed by atoms with Crippen LogP contribution >= 0.6 is 11.6 Å². The number of carbonyl (C=O) groups is 1. The van der Waals surface area contributed by atoms with Crippen LogP contribution in [0.3, 0.4) is 0 Å². The number of aromatic nitrogens is 3. The fraction of sp³-hybridized carbons (Fsp3) is 0.278. The number of nitrogens with one attached hydrogen (secondary N) is 2. The highest BCUT2D eigenvalue weighted by Gasteiger charge is 2.31. The van der Waals surface area contributed by atoms with Crippen LogP contribution in [0.1, 0.15) is 0 Å². The Balaban J connectivity index is 1.36. The first-order valence-corrected chi connectivity index (χ1v) is 10.8. The van der Waals surface area contributed by atoms with Gasteiger partial charge in [-0.3, -0.25) is 9.69 Å². The molecule has 1 aliphatic heterocycles. The molecule has 3 aromatic heterocycles. The number of pyridine rings is 2. The SMILES string of the molecule is O=C(CN1CCN(S(=O)(=O)c2c[nH]c3ncccc23)CC1)Nc1ccc(Cl)cn1. The smallest absolute Gasteiger partial charge is 0.245 e. The zero-order valence-electron chi connectivity index (χ0n) is 15.4. The zero-order chi connectivity index (χ0) is 20.4. The van der Waals surface area contributed by atoms with Gasteiger partial charge in [0.25, 0.3) is 0 Å². The summed E-state index contributed by atoms with van der Waals surface area (Å²) in [6.07, 6.45) is 4.55. The molecule has 0 saturated carbocycles. The maximum atomic E-state index is 13.0. The normalized spacial score (nSPS) is 16.2. The molecule has 0 aromatic carbocycles. The number of piperazine rings is 1. The third-order valence-electron chi connectivity index (χ3n) is 4.72. The van der Waals surface area contributed by atoms with E-state index in [9.17, 15) is 13.2 Å². The van der Waals surface area contributed by atoms with Crippen molar-refractivity contribution >= 4 is 44.4 Å². The maximum Gasteiger partial charge on any atom is 0.245 e. The molecule has 152 valence electrons. The monoisotopic (exact) mass is 434 g/mol. The highest BCUT2D eigenvalue weighted by molar-refractivity contribution is 7.89. The molecule has 1 amide bonds. The standard InChI is InChI=1S/C18H19ClN6O3S/c19-13-3-4-16(21-10-13)23-17(26)12-24-6-8-25(9-7-24)29(27,28)15-11-22-18-14(15)2-1-5-20-18/h1-5,10-11H,6-9,12H2,(H,20,22)(H,21,23,26). The van der Waals surface area contributed by atoms with Gasteiger partial charge < -0.3 is 10.3 Å². The van der Waals surface area contributed by atoms with Gasteiger partial charge in [-0.15, -0.1) is 0 Å². The summed E-state index contributed by atoms with van der Waals surface area (Å²) in [5, 5.41) is 3.77. The molecule has 0 spiro atoms. The summed E-state index contributed by atoms with van der Waals surface area (Å²) in [5.74, 6) is 0.215. The summed E-state index contributed by atoms with van der Waals surface area (Å²) in [5.41, 5.74) is 0.539. The summed E-state index contributed by atoms with van der Waals surface area (Å²) in [7, 11) is -3.64. The Hall–Kier alpha value is -2.53. The quantitative estimate of drug-likeness (QED) is 0.630. The molecule has 2 N–H and O–H groups in total.